The molecule has 5 heteroatoms. The van der Waals surface area contributed by atoms with Gasteiger partial charge in [0.25, 0.3) is 0 Å². The van der Waals surface area contributed by atoms with Crippen LogP contribution < -0.4 is 4.90 Å². The third-order valence-corrected chi connectivity index (χ3v) is 3.53. The third kappa shape index (κ3) is 2.70. The number of hydrogen-bond donors (Lipinski definition) is 0. The van der Waals surface area contributed by atoms with Crippen LogP contribution in [-0.2, 0) is 11.2 Å². The maximum Gasteiger partial charge on any atom is 0.233 e. The molecule has 112 valence electrons. The third-order valence-electron chi connectivity index (χ3n) is 3.53. The van der Waals surface area contributed by atoms with Crippen LogP contribution >= 0.6 is 0 Å². The second-order valence-electron chi connectivity index (χ2n) is 4.92. The summed E-state index contributed by atoms with van der Waals surface area (Å²) in [6, 6.07) is 13.3. The van der Waals surface area contributed by atoms with Crippen molar-refractivity contribution in [3.8, 4) is 0 Å². The Morgan fingerprint density at radius 1 is 1.18 bits per heavy atom. The zero-order chi connectivity index (χ0) is 15.5. The number of carbonyl (C=O) groups is 1. The van der Waals surface area contributed by atoms with Crippen LogP contribution in [0.4, 0.5) is 10.1 Å². The molecule has 0 spiro atoms. The number of halogens is 1. The standard InChI is InChI=1S/C17H15FN2O2/c1-2-20(13-9-7-12(18)8-10-13)17(21)11-15-14-5-3-4-6-16(14)22-19-15/h3-10H,2,11H2,1H3. The molecule has 0 atom stereocenters. The van der Waals surface area contributed by atoms with Crippen LogP contribution in [0.3, 0.4) is 0 Å². The molecule has 0 aliphatic carbocycles. The zero-order valence-electron chi connectivity index (χ0n) is 12.1. The quantitative estimate of drug-likeness (QED) is 0.740. The molecule has 0 fully saturated rings. The second kappa shape index (κ2) is 5.97. The van der Waals surface area contributed by atoms with E-state index >= 15 is 0 Å². The van der Waals surface area contributed by atoms with Gasteiger partial charge in [0.15, 0.2) is 5.58 Å². The number of para-hydroxylation sites is 1. The van der Waals surface area contributed by atoms with Crippen molar-refractivity contribution in [3.05, 3.63) is 60.0 Å². The Labute approximate surface area is 127 Å². The summed E-state index contributed by atoms with van der Waals surface area (Å²) in [6.07, 6.45) is 0.141. The summed E-state index contributed by atoms with van der Waals surface area (Å²) < 4.78 is 18.2. The van der Waals surface area contributed by atoms with Gasteiger partial charge in [-0.3, -0.25) is 4.79 Å². The van der Waals surface area contributed by atoms with Gasteiger partial charge in [-0.1, -0.05) is 17.3 Å². The SMILES string of the molecule is CCN(C(=O)Cc1noc2ccccc12)c1ccc(F)cc1. The lowest BCUT2D eigenvalue weighted by Crippen LogP contribution is -2.32. The molecule has 0 aliphatic heterocycles. The molecule has 3 aromatic rings. The van der Waals surface area contributed by atoms with Crippen molar-refractivity contribution in [1.82, 2.24) is 5.16 Å². The number of nitrogens with zero attached hydrogens (tertiary/aromatic N) is 2. The van der Waals surface area contributed by atoms with Gasteiger partial charge in [-0.05, 0) is 43.3 Å². The highest BCUT2D eigenvalue weighted by atomic mass is 19.1. The van der Waals surface area contributed by atoms with Crippen molar-refractivity contribution in [3.63, 3.8) is 0 Å². The second-order valence-corrected chi connectivity index (χ2v) is 4.92. The van der Waals surface area contributed by atoms with Crippen LogP contribution in [-0.4, -0.2) is 17.6 Å². The van der Waals surface area contributed by atoms with Gasteiger partial charge in [-0.2, -0.15) is 0 Å². The van der Waals surface area contributed by atoms with E-state index in [0.717, 1.165) is 5.39 Å². The van der Waals surface area contributed by atoms with Crippen molar-refractivity contribution in [2.75, 3.05) is 11.4 Å². The van der Waals surface area contributed by atoms with Gasteiger partial charge in [0.05, 0.1) is 6.42 Å². The number of anilines is 1. The van der Waals surface area contributed by atoms with Crippen molar-refractivity contribution in [2.24, 2.45) is 0 Å². The molecule has 3 rings (SSSR count). The maximum absolute atomic E-state index is 13.0. The van der Waals surface area contributed by atoms with E-state index < -0.39 is 0 Å². The summed E-state index contributed by atoms with van der Waals surface area (Å²) in [4.78, 5) is 14.1. The lowest BCUT2D eigenvalue weighted by Gasteiger charge is -2.20. The highest BCUT2D eigenvalue weighted by Crippen LogP contribution is 2.20. The van der Waals surface area contributed by atoms with Gasteiger partial charge in [-0.25, -0.2) is 4.39 Å². The Morgan fingerprint density at radius 3 is 2.64 bits per heavy atom. The number of rotatable bonds is 4. The van der Waals surface area contributed by atoms with Gasteiger partial charge in [0.1, 0.15) is 11.5 Å². The molecule has 0 bridgehead atoms. The molecular weight excluding hydrogens is 283 g/mol. The topological polar surface area (TPSA) is 46.3 Å². The zero-order valence-corrected chi connectivity index (χ0v) is 12.1. The molecule has 0 unspecified atom stereocenters. The molecule has 22 heavy (non-hydrogen) atoms. The van der Waals surface area contributed by atoms with Gasteiger partial charge in [0.2, 0.25) is 5.91 Å². The van der Waals surface area contributed by atoms with Crippen molar-refractivity contribution >= 4 is 22.6 Å². The molecule has 0 radical (unpaired) electrons. The average molecular weight is 298 g/mol. The molecular formula is C17H15FN2O2. The summed E-state index contributed by atoms with van der Waals surface area (Å²) in [6.45, 7) is 2.38. The minimum atomic E-state index is -0.324. The molecule has 1 amide bonds. The first-order chi connectivity index (χ1) is 10.7. The van der Waals surface area contributed by atoms with Crippen LogP contribution in [0.25, 0.3) is 11.0 Å². The Kier molecular flexibility index (Phi) is 3.87. The summed E-state index contributed by atoms with van der Waals surface area (Å²) >= 11 is 0. The fourth-order valence-electron chi connectivity index (χ4n) is 2.43. The Hall–Kier alpha value is -2.69. The van der Waals surface area contributed by atoms with Crippen LogP contribution in [0.2, 0.25) is 0 Å². The first-order valence-corrected chi connectivity index (χ1v) is 7.08. The van der Waals surface area contributed by atoms with E-state index in [9.17, 15) is 9.18 Å². The minimum Gasteiger partial charge on any atom is -0.356 e. The monoisotopic (exact) mass is 298 g/mol. The van der Waals surface area contributed by atoms with E-state index in [4.69, 9.17) is 4.52 Å². The summed E-state index contributed by atoms with van der Waals surface area (Å²) in [5, 5.41) is 4.82. The Bertz CT molecular complexity index is 796. The van der Waals surface area contributed by atoms with Crippen molar-refractivity contribution < 1.29 is 13.7 Å². The summed E-state index contributed by atoms with van der Waals surface area (Å²) in [5.74, 6) is -0.428. The number of carbonyl (C=O) groups excluding carboxylic acids is 1. The molecule has 0 saturated carbocycles. The number of fused-ring (bicyclic) bond motifs is 1. The summed E-state index contributed by atoms with van der Waals surface area (Å²) in [7, 11) is 0. The number of amides is 1. The fourth-order valence-corrected chi connectivity index (χ4v) is 2.43. The molecule has 1 heterocycles. The number of hydrogen-bond acceptors (Lipinski definition) is 3. The predicted octanol–water partition coefficient (Wildman–Crippen LogP) is 3.56. The number of aromatic nitrogens is 1. The highest BCUT2D eigenvalue weighted by molar-refractivity contribution is 5.96. The molecule has 0 saturated heterocycles. The minimum absolute atomic E-state index is 0.104. The van der Waals surface area contributed by atoms with E-state index in [2.05, 4.69) is 5.16 Å². The lowest BCUT2D eigenvalue weighted by atomic mass is 10.1. The van der Waals surface area contributed by atoms with Crippen LogP contribution in [0.1, 0.15) is 12.6 Å². The van der Waals surface area contributed by atoms with Crippen LogP contribution in [0.15, 0.2) is 53.1 Å². The predicted molar refractivity (Wildman–Crippen MR) is 82.1 cm³/mol. The Morgan fingerprint density at radius 2 is 1.91 bits per heavy atom. The largest absolute Gasteiger partial charge is 0.356 e. The van der Waals surface area contributed by atoms with Gasteiger partial charge in [-0.15, -0.1) is 0 Å². The molecule has 2 aromatic carbocycles. The van der Waals surface area contributed by atoms with Crippen LogP contribution in [0.5, 0.6) is 0 Å². The molecule has 4 nitrogen and oxygen atoms in total. The average Bonchev–Trinajstić information content (AvgIpc) is 2.93. The normalized spacial score (nSPS) is 10.8. The van der Waals surface area contributed by atoms with Gasteiger partial charge < -0.3 is 9.42 Å². The van der Waals surface area contributed by atoms with E-state index in [1.165, 1.54) is 12.1 Å². The van der Waals surface area contributed by atoms with Crippen molar-refractivity contribution in [1.29, 1.82) is 0 Å². The lowest BCUT2D eigenvalue weighted by molar-refractivity contribution is -0.118. The Balaban J connectivity index is 1.84. The van der Waals surface area contributed by atoms with E-state index in [1.54, 1.807) is 17.0 Å². The first-order valence-electron chi connectivity index (χ1n) is 7.08. The summed E-state index contributed by atoms with van der Waals surface area (Å²) in [5.41, 5.74) is 1.94. The van der Waals surface area contributed by atoms with Gasteiger partial charge >= 0.3 is 0 Å². The molecule has 0 N–H and O–H groups in total. The highest BCUT2D eigenvalue weighted by Gasteiger charge is 2.18. The van der Waals surface area contributed by atoms with E-state index in [-0.39, 0.29) is 18.1 Å². The van der Waals surface area contributed by atoms with E-state index in [1.807, 2.05) is 31.2 Å². The van der Waals surface area contributed by atoms with Crippen LogP contribution in [0, 0.1) is 5.82 Å². The molecule has 1 aromatic heterocycles. The number of likely N-dealkylation sites (N-methyl/N-ethyl adjacent to an activating group) is 1. The van der Waals surface area contributed by atoms with Crippen molar-refractivity contribution in [2.45, 2.75) is 13.3 Å². The first kappa shape index (κ1) is 14.3. The number of benzene rings is 2. The van der Waals surface area contributed by atoms with E-state index in [0.29, 0.717) is 23.5 Å². The maximum atomic E-state index is 13.0. The fraction of sp³-hybridized carbons (Fsp3) is 0.176. The smallest absolute Gasteiger partial charge is 0.233 e. The van der Waals surface area contributed by atoms with Gasteiger partial charge in [0, 0.05) is 17.6 Å². The molecule has 0 aliphatic rings.